The van der Waals surface area contributed by atoms with Gasteiger partial charge in [-0.3, -0.25) is 9.48 Å². The lowest BCUT2D eigenvalue weighted by Gasteiger charge is -2.02. The first kappa shape index (κ1) is 11.0. The molecule has 1 heterocycles. The first-order valence-corrected chi connectivity index (χ1v) is 5.37. The summed E-state index contributed by atoms with van der Waals surface area (Å²) < 4.78 is 1.78. The van der Waals surface area contributed by atoms with Crippen molar-refractivity contribution in [3.63, 3.8) is 0 Å². The minimum Gasteiger partial charge on any atom is -0.481 e. The van der Waals surface area contributed by atoms with Crippen LogP contribution < -0.4 is 0 Å². The molecule has 0 aliphatic heterocycles. The second kappa shape index (κ2) is 4.53. The molecule has 1 N–H and O–H groups in total. The van der Waals surface area contributed by atoms with E-state index < -0.39 is 5.97 Å². The molecule has 2 rings (SSSR count). The Hall–Kier alpha value is -1.55. The lowest BCUT2D eigenvalue weighted by molar-refractivity contribution is -0.137. The highest BCUT2D eigenvalue weighted by molar-refractivity contribution is 6.31. The average Bonchev–Trinajstić information content (AvgIpc) is 2.60. The maximum atomic E-state index is 10.4. The molecular formula is C11H11ClN2O2. The van der Waals surface area contributed by atoms with Crippen LogP contribution in [-0.4, -0.2) is 20.9 Å². The number of halogens is 1. The molecule has 5 heteroatoms. The third-order valence-electron chi connectivity index (χ3n) is 2.37. The summed E-state index contributed by atoms with van der Waals surface area (Å²) in [6.45, 7) is 0.593. The number of aromatic nitrogens is 2. The van der Waals surface area contributed by atoms with Gasteiger partial charge in [-0.05, 0) is 24.6 Å². The van der Waals surface area contributed by atoms with Gasteiger partial charge in [-0.15, -0.1) is 0 Å². The Labute approximate surface area is 97.4 Å². The number of carbonyl (C=O) groups is 1. The van der Waals surface area contributed by atoms with Crippen LogP contribution in [0.1, 0.15) is 12.8 Å². The number of carboxylic acid groups (broad SMARTS) is 1. The highest BCUT2D eigenvalue weighted by Crippen LogP contribution is 2.19. The molecule has 0 atom stereocenters. The topological polar surface area (TPSA) is 55.1 Å². The number of fused-ring (bicyclic) bond motifs is 1. The molecule has 0 aliphatic carbocycles. The Bertz CT molecular complexity index is 522. The van der Waals surface area contributed by atoms with E-state index in [-0.39, 0.29) is 6.42 Å². The lowest BCUT2D eigenvalue weighted by atomic mass is 10.2. The number of carboxylic acids is 1. The molecule has 0 aliphatic rings. The summed E-state index contributed by atoms with van der Waals surface area (Å²) >= 11 is 5.90. The van der Waals surface area contributed by atoms with E-state index in [1.54, 1.807) is 10.9 Å². The van der Waals surface area contributed by atoms with Crippen molar-refractivity contribution in [3.05, 3.63) is 29.4 Å². The molecule has 0 spiro atoms. The number of hydrogen-bond acceptors (Lipinski definition) is 2. The molecular weight excluding hydrogens is 228 g/mol. The van der Waals surface area contributed by atoms with Gasteiger partial charge >= 0.3 is 5.97 Å². The molecule has 4 nitrogen and oxygen atoms in total. The Balaban J connectivity index is 2.17. The summed E-state index contributed by atoms with van der Waals surface area (Å²) in [6.07, 6.45) is 2.48. The highest BCUT2D eigenvalue weighted by Gasteiger charge is 2.04. The third-order valence-corrected chi connectivity index (χ3v) is 2.60. The number of hydrogen-bond donors (Lipinski definition) is 1. The Morgan fingerprint density at radius 1 is 1.50 bits per heavy atom. The van der Waals surface area contributed by atoms with E-state index in [2.05, 4.69) is 5.10 Å². The van der Waals surface area contributed by atoms with Gasteiger partial charge in [-0.2, -0.15) is 5.10 Å². The van der Waals surface area contributed by atoms with E-state index in [0.717, 1.165) is 10.9 Å². The van der Waals surface area contributed by atoms with Crippen molar-refractivity contribution >= 4 is 28.5 Å². The van der Waals surface area contributed by atoms with Crippen molar-refractivity contribution in [2.45, 2.75) is 19.4 Å². The van der Waals surface area contributed by atoms with Gasteiger partial charge in [-0.25, -0.2) is 0 Å². The van der Waals surface area contributed by atoms with Crippen LogP contribution in [0.3, 0.4) is 0 Å². The molecule has 0 unspecified atom stereocenters. The van der Waals surface area contributed by atoms with Gasteiger partial charge < -0.3 is 5.11 Å². The molecule has 0 bridgehead atoms. The van der Waals surface area contributed by atoms with Gasteiger partial charge in [0.25, 0.3) is 0 Å². The van der Waals surface area contributed by atoms with Crippen LogP contribution in [0.15, 0.2) is 24.4 Å². The molecule has 0 saturated heterocycles. The monoisotopic (exact) mass is 238 g/mol. The van der Waals surface area contributed by atoms with Crippen LogP contribution in [0, 0.1) is 0 Å². The van der Waals surface area contributed by atoms with Crippen LogP contribution in [0.25, 0.3) is 10.9 Å². The van der Waals surface area contributed by atoms with Gasteiger partial charge in [0.05, 0.1) is 11.7 Å². The third kappa shape index (κ3) is 2.33. The van der Waals surface area contributed by atoms with Gasteiger partial charge in [0.2, 0.25) is 0 Å². The molecule has 16 heavy (non-hydrogen) atoms. The summed E-state index contributed by atoms with van der Waals surface area (Å²) in [7, 11) is 0. The number of nitrogens with zero attached hydrogens (tertiary/aromatic N) is 2. The Morgan fingerprint density at radius 3 is 3.06 bits per heavy atom. The second-order valence-corrected chi connectivity index (χ2v) is 4.00. The van der Waals surface area contributed by atoms with Crippen molar-refractivity contribution in [3.8, 4) is 0 Å². The first-order valence-electron chi connectivity index (χ1n) is 5.00. The number of benzene rings is 1. The minimum absolute atomic E-state index is 0.155. The number of rotatable bonds is 4. The largest absolute Gasteiger partial charge is 0.481 e. The molecule has 84 valence electrons. The molecule has 0 amide bonds. The van der Waals surface area contributed by atoms with Gasteiger partial charge in [0, 0.05) is 23.4 Å². The fraction of sp³-hybridized carbons (Fsp3) is 0.273. The maximum absolute atomic E-state index is 10.4. The molecule has 0 fully saturated rings. The van der Waals surface area contributed by atoms with E-state index in [1.807, 2.05) is 18.2 Å². The van der Waals surface area contributed by atoms with Crippen LogP contribution in [-0.2, 0) is 11.3 Å². The summed E-state index contributed by atoms with van der Waals surface area (Å²) in [5.41, 5.74) is 0.942. The maximum Gasteiger partial charge on any atom is 0.303 e. The van der Waals surface area contributed by atoms with E-state index in [1.165, 1.54) is 0 Å². The quantitative estimate of drug-likeness (QED) is 0.891. The standard InChI is InChI=1S/C11H11ClN2O2/c12-9-4-3-8-7-13-14(10(8)6-9)5-1-2-11(15)16/h3-4,6-7H,1-2,5H2,(H,15,16). The van der Waals surface area contributed by atoms with E-state index in [9.17, 15) is 4.79 Å². The second-order valence-electron chi connectivity index (χ2n) is 3.57. The predicted molar refractivity (Wildman–Crippen MR) is 61.6 cm³/mol. The van der Waals surface area contributed by atoms with E-state index in [0.29, 0.717) is 18.0 Å². The zero-order chi connectivity index (χ0) is 11.5. The smallest absolute Gasteiger partial charge is 0.303 e. The molecule has 0 radical (unpaired) electrons. The van der Waals surface area contributed by atoms with Crippen LogP contribution >= 0.6 is 11.6 Å². The summed E-state index contributed by atoms with van der Waals surface area (Å²) in [6, 6.07) is 5.55. The summed E-state index contributed by atoms with van der Waals surface area (Å²) in [4.78, 5) is 10.4. The van der Waals surface area contributed by atoms with E-state index in [4.69, 9.17) is 16.7 Å². The molecule has 1 aromatic heterocycles. The lowest BCUT2D eigenvalue weighted by Crippen LogP contribution is -2.03. The van der Waals surface area contributed by atoms with Crippen LogP contribution in [0.5, 0.6) is 0 Å². The van der Waals surface area contributed by atoms with Gasteiger partial charge in [0.1, 0.15) is 0 Å². The molecule has 0 saturated carbocycles. The van der Waals surface area contributed by atoms with E-state index >= 15 is 0 Å². The summed E-state index contributed by atoms with van der Waals surface area (Å²) in [5, 5.41) is 14.4. The Morgan fingerprint density at radius 2 is 2.31 bits per heavy atom. The average molecular weight is 239 g/mol. The van der Waals surface area contributed by atoms with Crippen LogP contribution in [0.2, 0.25) is 5.02 Å². The Kier molecular flexibility index (Phi) is 3.10. The highest BCUT2D eigenvalue weighted by atomic mass is 35.5. The number of aryl methyl sites for hydroxylation is 1. The van der Waals surface area contributed by atoms with Crippen molar-refractivity contribution in [1.29, 1.82) is 0 Å². The normalized spacial score (nSPS) is 10.8. The van der Waals surface area contributed by atoms with Gasteiger partial charge in [-0.1, -0.05) is 11.6 Å². The van der Waals surface area contributed by atoms with Crippen molar-refractivity contribution in [2.24, 2.45) is 0 Å². The SMILES string of the molecule is O=C(O)CCCn1ncc2ccc(Cl)cc21. The summed E-state index contributed by atoms with van der Waals surface area (Å²) in [5.74, 6) is -0.783. The zero-order valence-corrected chi connectivity index (χ0v) is 9.31. The van der Waals surface area contributed by atoms with Crippen molar-refractivity contribution < 1.29 is 9.90 Å². The molecule has 2 aromatic rings. The van der Waals surface area contributed by atoms with Gasteiger partial charge in [0.15, 0.2) is 0 Å². The van der Waals surface area contributed by atoms with Crippen LogP contribution in [0.4, 0.5) is 0 Å². The minimum atomic E-state index is -0.783. The molecule has 1 aromatic carbocycles. The fourth-order valence-electron chi connectivity index (χ4n) is 1.60. The van der Waals surface area contributed by atoms with Crippen molar-refractivity contribution in [1.82, 2.24) is 9.78 Å². The number of aliphatic carboxylic acids is 1. The predicted octanol–water partition coefficient (Wildman–Crippen LogP) is 2.55. The van der Waals surface area contributed by atoms with Crippen molar-refractivity contribution in [2.75, 3.05) is 0 Å². The first-order chi connectivity index (χ1) is 7.66. The fourth-order valence-corrected chi connectivity index (χ4v) is 1.77. The zero-order valence-electron chi connectivity index (χ0n) is 8.56.